The first-order valence-electron chi connectivity index (χ1n) is 21.3. The number of rotatable bonds is 36. The number of aromatic nitrogens is 1. The standard InChI is InChI=1S/C44H84N/c1-4-7-9-11-13-15-17-19-21-23-25-27-29-31-33-35-37-43-40-44(42-45(41-43)39-6-3)38-36-34-32-30-28-26-24-22-20-18-16-14-12-10-8-5-2/h40-42H,4-39H2,1-3H3/q+1. The summed E-state index contributed by atoms with van der Waals surface area (Å²) in [6.07, 6.45) is 55.0. The molecule has 0 aliphatic rings. The SMILES string of the molecule is CCCCCCCCCCCCCCCCCCc1cc(CCCCCCCCCCCCCCCCCC)c[n+](CCC)c1. The quantitative estimate of drug-likeness (QED) is 0.0515. The fourth-order valence-electron chi connectivity index (χ4n) is 7.19. The molecular weight excluding hydrogens is 542 g/mol. The lowest BCUT2D eigenvalue weighted by Gasteiger charge is -2.07. The molecule has 1 heterocycles. The molecule has 0 fully saturated rings. The highest BCUT2D eigenvalue weighted by Crippen LogP contribution is 2.17. The summed E-state index contributed by atoms with van der Waals surface area (Å²) in [4.78, 5) is 0. The van der Waals surface area contributed by atoms with Crippen molar-refractivity contribution < 1.29 is 4.57 Å². The molecule has 0 amide bonds. The van der Waals surface area contributed by atoms with Crippen LogP contribution in [0, 0.1) is 0 Å². The third-order valence-corrected chi connectivity index (χ3v) is 10.2. The van der Waals surface area contributed by atoms with Crippen molar-refractivity contribution in [3.8, 4) is 0 Å². The van der Waals surface area contributed by atoms with Crippen LogP contribution in [0.2, 0.25) is 0 Å². The Kier molecular flexibility index (Phi) is 32.3. The number of nitrogens with zero attached hydrogens (tertiary/aromatic N) is 1. The number of aryl methyl sites for hydroxylation is 3. The minimum atomic E-state index is 1.17. The summed E-state index contributed by atoms with van der Waals surface area (Å²) < 4.78 is 2.49. The van der Waals surface area contributed by atoms with Crippen molar-refractivity contribution in [3.05, 3.63) is 29.6 Å². The van der Waals surface area contributed by atoms with Gasteiger partial charge in [0.1, 0.15) is 6.54 Å². The molecule has 0 spiro atoms. The summed E-state index contributed by atoms with van der Waals surface area (Å²) in [6, 6.07) is 2.54. The number of hydrogen-bond donors (Lipinski definition) is 0. The van der Waals surface area contributed by atoms with E-state index in [0.29, 0.717) is 0 Å². The molecule has 0 bridgehead atoms. The summed E-state index contributed by atoms with van der Waals surface area (Å²) in [5.74, 6) is 0. The second-order valence-electron chi connectivity index (χ2n) is 14.9. The van der Waals surface area contributed by atoms with Crippen molar-refractivity contribution in [3.63, 3.8) is 0 Å². The van der Waals surface area contributed by atoms with E-state index in [0.717, 1.165) is 0 Å². The van der Waals surface area contributed by atoms with Crippen LogP contribution in [-0.4, -0.2) is 0 Å². The predicted molar refractivity (Wildman–Crippen MR) is 203 cm³/mol. The fraction of sp³-hybridized carbons (Fsp3) is 0.886. The van der Waals surface area contributed by atoms with Crippen molar-refractivity contribution in [2.75, 3.05) is 0 Å². The zero-order valence-corrected chi connectivity index (χ0v) is 31.6. The fourth-order valence-corrected chi connectivity index (χ4v) is 7.19. The molecule has 0 saturated heterocycles. The minimum Gasteiger partial charge on any atom is -0.205 e. The zero-order chi connectivity index (χ0) is 32.3. The topological polar surface area (TPSA) is 3.88 Å². The number of hydrogen-bond acceptors (Lipinski definition) is 0. The highest BCUT2D eigenvalue weighted by molar-refractivity contribution is 5.15. The van der Waals surface area contributed by atoms with Crippen LogP contribution < -0.4 is 4.57 Å². The van der Waals surface area contributed by atoms with E-state index in [-0.39, 0.29) is 0 Å². The minimum absolute atomic E-state index is 1.17. The van der Waals surface area contributed by atoms with Crippen molar-refractivity contribution in [2.45, 2.75) is 252 Å². The molecule has 1 heteroatoms. The number of unbranched alkanes of at least 4 members (excludes halogenated alkanes) is 30. The van der Waals surface area contributed by atoms with E-state index in [1.54, 1.807) is 11.1 Å². The molecule has 0 atom stereocenters. The van der Waals surface area contributed by atoms with Gasteiger partial charge in [0.2, 0.25) is 0 Å². The molecule has 0 aliphatic heterocycles. The predicted octanol–water partition coefficient (Wildman–Crippen LogP) is 15.0. The van der Waals surface area contributed by atoms with E-state index < -0.39 is 0 Å². The molecule has 0 aromatic carbocycles. The Hall–Kier alpha value is -0.850. The lowest BCUT2D eigenvalue weighted by Crippen LogP contribution is -2.34. The van der Waals surface area contributed by atoms with Gasteiger partial charge in [-0.15, -0.1) is 0 Å². The second-order valence-corrected chi connectivity index (χ2v) is 14.9. The van der Waals surface area contributed by atoms with Gasteiger partial charge in [-0.05, 0) is 31.7 Å². The maximum Gasteiger partial charge on any atom is 0.171 e. The molecule has 1 rings (SSSR count). The van der Waals surface area contributed by atoms with Crippen molar-refractivity contribution >= 4 is 0 Å². The van der Waals surface area contributed by atoms with Gasteiger partial charge >= 0.3 is 0 Å². The van der Waals surface area contributed by atoms with E-state index in [9.17, 15) is 0 Å². The Labute approximate surface area is 285 Å². The molecule has 0 saturated carbocycles. The molecule has 1 nitrogen and oxygen atoms in total. The first kappa shape index (κ1) is 42.2. The molecule has 0 unspecified atom stereocenters. The van der Waals surface area contributed by atoms with Gasteiger partial charge in [-0.2, -0.15) is 0 Å². The van der Waals surface area contributed by atoms with Crippen LogP contribution in [0.4, 0.5) is 0 Å². The average molecular weight is 627 g/mol. The molecule has 0 aliphatic carbocycles. The Morgan fingerprint density at radius 1 is 0.311 bits per heavy atom. The van der Waals surface area contributed by atoms with Gasteiger partial charge in [0, 0.05) is 17.5 Å². The van der Waals surface area contributed by atoms with E-state index in [1.807, 2.05) is 0 Å². The normalized spacial score (nSPS) is 11.5. The van der Waals surface area contributed by atoms with Crippen LogP contribution in [0.1, 0.15) is 244 Å². The van der Waals surface area contributed by atoms with E-state index in [2.05, 4.69) is 43.8 Å². The van der Waals surface area contributed by atoms with Crippen molar-refractivity contribution in [2.24, 2.45) is 0 Å². The largest absolute Gasteiger partial charge is 0.205 e. The molecule has 1 aromatic heterocycles. The van der Waals surface area contributed by atoms with Gasteiger partial charge in [-0.25, -0.2) is 4.57 Å². The van der Waals surface area contributed by atoms with Crippen LogP contribution in [0.15, 0.2) is 18.5 Å². The molecular formula is C44H84N+. The average Bonchev–Trinajstić information content (AvgIpc) is 3.04. The van der Waals surface area contributed by atoms with E-state index in [1.165, 1.54) is 231 Å². The lowest BCUT2D eigenvalue weighted by atomic mass is 10.0. The van der Waals surface area contributed by atoms with Gasteiger partial charge in [0.05, 0.1) is 0 Å². The van der Waals surface area contributed by atoms with Gasteiger partial charge in [0.15, 0.2) is 12.4 Å². The molecule has 0 radical (unpaired) electrons. The first-order chi connectivity index (χ1) is 22.3. The van der Waals surface area contributed by atoms with Crippen LogP contribution in [0.25, 0.3) is 0 Å². The van der Waals surface area contributed by atoms with Crippen LogP contribution in [0.3, 0.4) is 0 Å². The van der Waals surface area contributed by atoms with E-state index >= 15 is 0 Å². The van der Waals surface area contributed by atoms with Gasteiger partial charge in [-0.1, -0.05) is 213 Å². The van der Waals surface area contributed by atoms with Crippen LogP contribution in [0.5, 0.6) is 0 Å². The van der Waals surface area contributed by atoms with Gasteiger partial charge in [0.25, 0.3) is 0 Å². The van der Waals surface area contributed by atoms with Crippen molar-refractivity contribution in [1.29, 1.82) is 0 Å². The maximum absolute atomic E-state index is 2.54. The summed E-state index contributed by atoms with van der Waals surface area (Å²) in [6.45, 7) is 8.09. The Bertz CT molecular complexity index is 655. The number of pyridine rings is 1. The second kappa shape index (κ2) is 34.5. The van der Waals surface area contributed by atoms with Crippen LogP contribution in [-0.2, 0) is 19.4 Å². The Balaban J connectivity index is 2.02. The molecule has 264 valence electrons. The Morgan fingerprint density at radius 3 is 0.800 bits per heavy atom. The van der Waals surface area contributed by atoms with Crippen molar-refractivity contribution in [1.82, 2.24) is 0 Å². The molecule has 45 heavy (non-hydrogen) atoms. The summed E-state index contributed by atoms with van der Waals surface area (Å²) in [5, 5.41) is 0. The monoisotopic (exact) mass is 627 g/mol. The summed E-state index contributed by atoms with van der Waals surface area (Å²) in [7, 11) is 0. The Morgan fingerprint density at radius 2 is 0.556 bits per heavy atom. The summed E-state index contributed by atoms with van der Waals surface area (Å²) >= 11 is 0. The molecule has 1 aromatic rings. The highest BCUT2D eigenvalue weighted by Gasteiger charge is 2.08. The summed E-state index contributed by atoms with van der Waals surface area (Å²) in [5.41, 5.74) is 3.17. The van der Waals surface area contributed by atoms with Gasteiger partial charge in [-0.3, -0.25) is 0 Å². The van der Waals surface area contributed by atoms with Gasteiger partial charge < -0.3 is 0 Å². The lowest BCUT2D eigenvalue weighted by molar-refractivity contribution is -0.697. The first-order valence-corrected chi connectivity index (χ1v) is 21.3. The maximum atomic E-state index is 2.54. The highest BCUT2D eigenvalue weighted by atomic mass is 14.9. The zero-order valence-electron chi connectivity index (χ0n) is 31.6. The van der Waals surface area contributed by atoms with E-state index in [4.69, 9.17) is 0 Å². The third-order valence-electron chi connectivity index (χ3n) is 10.2. The third kappa shape index (κ3) is 29.1. The van der Waals surface area contributed by atoms with Crippen LogP contribution >= 0.6 is 0 Å². The smallest absolute Gasteiger partial charge is 0.171 e. The molecule has 0 N–H and O–H groups in total.